The minimum atomic E-state index is -0.233. The fourth-order valence-electron chi connectivity index (χ4n) is 2.37. The first-order valence-electron chi connectivity index (χ1n) is 6.27. The number of ether oxygens (including phenoxy) is 1. The highest BCUT2D eigenvalue weighted by Gasteiger charge is 2.42. The second-order valence-electron chi connectivity index (χ2n) is 4.62. The lowest BCUT2D eigenvalue weighted by molar-refractivity contribution is -0.0847. The van der Waals surface area contributed by atoms with Gasteiger partial charge in [-0.05, 0) is 32.6 Å². The molecule has 1 fully saturated rings. The van der Waals surface area contributed by atoms with E-state index in [1.54, 1.807) is 7.11 Å². The van der Waals surface area contributed by atoms with Gasteiger partial charge in [0.25, 0.3) is 0 Å². The fourth-order valence-corrected chi connectivity index (χ4v) is 2.37. The van der Waals surface area contributed by atoms with Crippen LogP contribution in [-0.4, -0.2) is 24.1 Å². The van der Waals surface area contributed by atoms with E-state index in [9.17, 15) is 0 Å². The Hall–Kier alpha value is -1.16. The molecule has 0 bridgehead atoms. The molecule has 1 aromatic rings. The Labute approximate surface area is 103 Å². The molecule has 1 saturated carbocycles. The quantitative estimate of drug-likeness (QED) is 0.870. The summed E-state index contributed by atoms with van der Waals surface area (Å²) in [4.78, 5) is 9.31. The number of nitrogens with one attached hydrogen (secondary N) is 1. The number of aryl methyl sites for hydroxylation is 1. The van der Waals surface area contributed by atoms with Crippen molar-refractivity contribution in [2.75, 3.05) is 19.5 Å². The molecule has 1 N–H and O–H groups in total. The van der Waals surface area contributed by atoms with Crippen molar-refractivity contribution in [3.63, 3.8) is 0 Å². The average molecular weight is 235 g/mol. The van der Waals surface area contributed by atoms with Crippen LogP contribution in [0, 0.1) is 6.92 Å². The molecule has 0 atom stereocenters. The molecule has 0 spiro atoms. The molecule has 1 aliphatic rings. The van der Waals surface area contributed by atoms with E-state index in [4.69, 9.17) is 4.74 Å². The number of anilines is 1. The highest BCUT2D eigenvalue weighted by molar-refractivity contribution is 5.46. The topological polar surface area (TPSA) is 47.0 Å². The summed E-state index contributed by atoms with van der Waals surface area (Å²) in [5.41, 5.74) is 2.02. The summed E-state index contributed by atoms with van der Waals surface area (Å²) in [6.45, 7) is 4.19. The van der Waals surface area contributed by atoms with E-state index in [1.807, 2.05) is 7.05 Å². The third-order valence-electron chi connectivity index (χ3n) is 3.78. The SMILES string of the molecule is CCc1nc(C2(OC)CCC2)nc(NC)c1C. The van der Waals surface area contributed by atoms with E-state index in [-0.39, 0.29) is 5.60 Å². The lowest BCUT2D eigenvalue weighted by Gasteiger charge is -2.39. The van der Waals surface area contributed by atoms with Crippen LogP contribution in [-0.2, 0) is 16.8 Å². The molecule has 4 heteroatoms. The summed E-state index contributed by atoms with van der Waals surface area (Å²) in [6, 6.07) is 0. The minimum absolute atomic E-state index is 0.233. The van der Waals surface area contributed by atoms with Crippen molar-refractivity contribution in [1.82, 2.24) is 9.97 Å². The molecular weight excluding hydrogens is 214 g/mol. The highest BCUT2D eigenvalue weighted by Crippen LogP contribution is 2.43. The molecular formula is C13H21N3O. The summed E-state index contributed by atoms with van der Waals surface area (Å²) in [5.74, 6) is 1.77. The van der Waals surface area contributed by atoms with Crippen LogP contribution in [0.3, 0.4) is 0 Å². The molecule has 94 valence electrons. The third kappa shape index (κ3) is 1.90. The van der Waals surface area contributed by atoms with Crippen LogP contribution < -0.4 is 5.32 Å². The highest BCUT2D eigenvalue weighted by atomic mass is 16.5. The van der Waals surface area contributed by atoms with Crippen molar-refractivity contribution in [2.45, 2.75) is 45.1 Å². The van der Waals surface area contributed by atoms with Crippen LogP contribution in [0.2, 0.25) is 0 Å². The Balaban J connectivity index is 2.47. The molecule has 0 aliphatic heterocycles. The van der Waals surface area contributed by atoms with Gasteiger partial charge in [-0.15, -0.1) is 0 Å². The van der Waals surface area contributed by atoms with Crippen LogP contribution in [0.5, 0.6) is 0 Å². The number of methoxy groups -OCH3 is 1. The number of nitrogens with zero attached hydrogens (tertiary/aromatic N) is 2. The van der Waals surface area contributed by atoms with Crippen LogP contribution >= 0.6 is 0 Å². The minimum Gasteiger partial charge on any atom is -0.373 e. The smallest absolute Gasteiger partial charge is 0.162 e. The number of aromatic nitrogens is 2. The molecule has 1 heterocycles. The maximum atomic E-state index is 5.65. The van der Waals surface area contributed by atoms with Crippen LogP contribution in [0.1, 0.15) is 43.3 Å². The Kier molecular flexibility index (Phi) is 3.33. The first kappa shape index (κ1) is 12.3. The van der Waals surface area contributed by atoms with Crippen LogP contribution in [0.25, 0.3) is 0 Å². The van der Waals surface area contributed by atoms with Gasteiger partial charge in [0.1, 0.15) is 11.4 Å². The van der Waals surface area contributed by atoms with E-state index < -0.39 is 0 Å². The molecule has 0 unspecified atom stereocenters. The molecule has 0 aromatic carbocycles. The summed E-state index contributed by atoms with van der Waals surface area (Å²) in [6.07, 6.45) is 4.18. The van der Waals surface area contributed by atoms with Crippen molar-refractivity contribution in [1.29, 1.82) is 0 Å². The maximum absolute atomic E-state index is 5.65. The van der Waals surface area contributed by atoms with Crippen molar-refractivity contribution >= 4 is 5.82 Å². The predicted molar refractivity (Wildman–Crippen MR) is 68.2 cm³/mol. The summed E-state index contributed by atoms with van der Waals surface area (Å²) in [5, 5.41) is 3.15. The largest absolute Gasteiger partial charge is 0.373 e. The first-order valence-corrected chi connectivity index (χ1v) is 6.27. The second kappa shape index (κ2) is 4.61. The Morgan fingerprint density at radius 3 is 2.47 bits per heavy atom. The molecule has 1 aliphatic carbocycles. The van der Waals surface area contributed by atoms with Crippen molar-refractivity contribution in [2.24, 2.45) is 0 Å². The summed E-state index contributed by atoms with van der Waals surface area (Å²) < 4.78 is 5.65. The Bertz CT molecular complexity index is 383. The predicted octanol–water partition coefficient (Wildman–Crippen LogP) is 2.41. The van der Waals surface area contributed by atoms with Gasteiger partial charge in [-0.25, -0.2) is 9.97 Å². The molecule has 0 radical (unpaired) electrons. The molecule has 2 rings (SSSR count). The third-order valence-corrected chi connectivity index (χ3v) is 3.78. The van der Waals surface area contributed by atoms with E-state index in [1.165, 1.54) is 6.42 Å². The van der Waals surface area contributed by atoms with Gasteiger partial charge < -0.3 is 10.1 Å². The standard InChI is InChI=1S/C13H21N3O/c1-5-10-9(2)11(14-3)16-12(15-10)13(17-4)7-6-8-13/h5-8H2,1-4H3,(H,14,15,16). The zero-order valence-electron chi connectivity index (χ0n) is 11.1. The van der Waals surface area contributed by atoms with Gasteiger partial charge in [0, 0.05) is 25.4 Å². The normalized spacial score (nSPS) is 17.6. The van der Waals surface area contributed by atoms with Crippen molar-refractivity contribution < 1.29 is 4.74 Å². The van der Waals surface area contributed by atoms with E-state index in [0.717, 1.165) is 42.2 Å². The first-order chi connectivity index (χ1) is 8.16. The number of rotatable bonds is 4. The average Bonchev–Trinajstić information content (AvgIpc) is 2.30. The van der Waals surface area contributed by atoms with Gasteiger partial charge in [0.05, 0.1) is 0 Å². The van der Waals surface area contributed by atoms with Crippen LogP contribution in [0.4, 0.5) is 5.82 Å². The van der Waals surface area contributed by atoms with Gasteiger partial charge in [0.15, 0.2) is 5.82 Å². The monoisotopic (exact) mass is 235 g/mol. The Morgan fingerprint density at radius 2 is 2.06 bits per heavy atom. The molecule has 17 heavy (non-hydrogen) atoms. The number of hydrogen-bond acceptors (Lipinski definition) is 4. The molecule has 4 nitrogen and oxygen atoms in total. The zero-order chi connectivity index (χ0) is 12.5. The fraction of sp³-hybridized carbons (Fsp3) is 0.692. The van der Waals surface area contributed by atoms with Gasteiger partial charge in [-0.1, -0.05) is 6.92 Å². The summed E-state index contributed by atoms with van der Waals surface area (Å²) >= 11 is 0. The molecule has 0 saturated heterocycles. The lowest BCUT2D eigenvalue weighted by atomic mass is 9.79. The maximum Gasteiger partial charge on any atom is 0.162 e. The molecule has 1 aromatic heterocycles. The van der Waals surface area contributed by atoms with Crippen molar-refractivity contribution in [3.8, 4) is 0 Å². The zero-order valence-corrected chi connectivity index (χ0v) is 11.1. The lowest BCUT2D eigenvalue weighted by Crippen LogP contribution is -2.38. The van der Waals surface area contributed by atoms with Crippen LogP contribution in [0.15, 0.2) is 0 Å². The van der Waals surface area contributed by atoms with Gasteiger partial charge in [-0.3, -0.25) is 0 Å². The number of hydrogen-bond donors (Lipinski definition) is 1. The van der Waals surface area contributed by atoms with Gasteiger partial charge in [-0.2, -0.15) is 0 Å². The van der Waals surface area contributed by atoms with E-state index in [2.05, 4.69) is 29.1 Å². The molecule has 0 amide bonds. The van der Waals surface area contributed by atoms with Gasteiger partial charge >= 0.3 is 0 Å². The van der Waals surface area contributed by atoms with E-state index >= 15 is 0 Å². The second-order valence-corrected chi connectivity index (χ2v) is 4.62. The van der Waals surface area contributed by atoms with E-state index in [0.29, 0.717) is 0 Å². The Morgan fingerprint density at radius 1 is 1.35 bits per heavy atom. The summed E-state index contributed by atoms with van der Waals surface area (Å²) in [7, 11) is 3.66. The van der Waals surface area contributed by atoms with Gasteiger partial charge in [0.2, 0.25) is 0 Å². The van der Waals surface area contributed by atoms with Crippen molar-refractivity contribution in [3.05, 3.63) is 17.1 Å².